The number of likely N-dealkylation sites (N-methyl/N-ethyl adjacent to an activating group) is 1. The maximum Gasteiger partial charge on any atom is 0.0110 e. The van der Waals surface area contributed by atoms with E-state index in [1.165, 1.54) is 58.7 Å². The van der Waals surface area contributed by atoms with Gasteiger partial charge in [-0.3, -0.25) is 0 Å². The van der Waals surface area contributed by atoms with Crippen LogP contribution in [0.2, 0.25) is 0 Å². The molecule has 0 spiro atoms. The SMILES string of the molecule is CCN1CCN(CC(CC)(CC)CNCC(C)C)CC1. The molecule has 0 unspecified atom stereocenters. The van der Waals surface area contributed by atoms with Gasteiger partial charge in [-0.1, -0.05) is 34.6 Å². The van der Waals surface area contributed by atoms with Crippen LogP contribution in [0.1, 0.15) is 47.5 Å². The summed E-state index contributed by atoms with van der Waals surface area (Å²) in [6.45, 7) is 21.4. The van der Waals surface area contributed by atoms with Gasteiger partial charge in [0, 0.05) is 39.3 Å². The van der Waals surface area contributed by atoms with Gasteiger partial charge in [0.15, 0.2) is 0 Å². The van der Waals surface area contributed by atoms with E-state index in [9.17, 15) is 0 Å². The van der Waals surface area contributed by atoms with Gasteiger partial charge in [-0.05, 0) is 37.3 Å². The Balaban J connectivity index is 2.44. The Morgan fingerprint density at radius 3 is 1.95 bits per heavy atom. The Labute approximate surface area is 127 Å². The lowest BCUT2D eigenvalue weighted by molar-refractivity contribution is 0.0802. The molecule has 0 atom stereocenters. The molecule has 3 nitrogen and oxygen atoms in total. The third-order valence-corrected chi connectivity index (χ3v) is 5.02. The molecule has 0 saturated carbocycles. The van der Waals surface area contributed by atoms with E-state index in [2.05, 4.69) is 49.7 Å². The summed E-state index contributed by atoms with van der Waals surface area (Å²) in [5.74, 6) is 0.745. The van der Waals surface area contributed by atoms with Gasteiger partial charge in [0.2, 0.25) is 0 Å². The average Bonchev–Trinajstić information content (AvgIpc) is 2.46. The predicted molar refractivity (Wildman–Crippen MR) is 89.3 cm³/mol. The van der Waals surface area contributed by atoms with E-state index >= 15 is 0 Å². The maximum absolute atomic E-state index is 3.70. The first-order valence-electron chi connectivity index (χ1n) is 8.70. The number of nitrogens with one attached hydrogen (secondary N) is 1. The smallest absolute Gasteiger partial charge is 0.0110 e. The second kappa shape index (κ2) is 9.01. The molecule has 0 bridgehead atoms. The van der Waals surface area contributed by atoms with E-state index in [0.29, 0.717) is 5.41 Å². The predicted octanol–water partition coefficient (Wildman–Crippen LogP) is 2.68. The molecule has 1 heterocycles. The molecule has 0 aromatic carbocycles. The summed E-state index contributed by atoms with van der Waals surface area (Å²) in [7, 11) is 0. The second-order valence-corrected chi connectivity index (χ2v) is 6.94. The minimum absolute atomic E-state index is 0.462. The third-order valence-electron chi connectivity index (χ3n) is 5.02. The van der Waals surface area contributed by atoms with Gasteiger partial charge in [-0.2, -0.15) is 0 Å². The number of hydrogen-bond acceptors (Lipinski definition) is 3. The topological polar surface area (TPSA) is 18.5 Å². The number of piperazine rings is 1. The van der Waals surface area contributed by atoms with Crippen molar-refractivity contribution in [3.63, 3.8) is 0 Å². The van der Waals surface area contributed by atoms with Crippen molar-refractivity contribution in [1.29, 1.82) is 0 Å². The zero-order valence-electron chi connectivity index (χ0n) is 14.5. The zero-order valence-corrected chi connectivity index (χ0v) is 14.5. The van der Waals surface area contributed by atoms with Gasteiger partial charge in [-0.25, -0.2) is 0 Å². The minimum atomic E-state index is 0.462. The lowest BCUT2D eigenvalue weighted by Crippen LogP contribution is -2.51. The van der Waals surface area contributed by atoms with E-state index in [1.807, 2.05) is 0 Å². The van der Waals surface area contributed by atoms with Gasteiger partial charge in [0.1, 0.15) is 0 Å². The highest BCUT2D eigenvalue weighted by Crippen LogP contribution is 2.27. The molecule has 120 valence electrons. The first-order chi connectivity index (χ1) is 9.55. The summed E-state index contributed by atoms with van der Waals surface area (Å²) in [6.07, 6.45) is 2.56. The first-order valence-corrected chi connectivity index (χ1v) is 8.70. The minimum Gasteiger partial charge on any atom is -0.316 e. The van der Waals surface area contributed by atoms with E-state index < -0.39 is 0 Å². The van der Waals surface area contributed by atoms with Gasteiger partial charge in [0.05, 0.1) is 0 Å². The first kappa shape index (κ1) is 17.9. The standard InChI is InChI=1S/C17H37N3/c1-6-17(7-2,14-18-13-16(4)5)15-20-11-9-19(8-3)10-12-20/h16,18H,6-15H2,1-5H3. The summed E-state index contributed by atoms with van der Waals surface area (Å²) in [5, 5.41) is 3.70. The Morgan fingerprint density at radius 2 is 1.50 bits per heavy atom. The van der Waals surface area contributed by atoms with Crippen LogP contribution >= 0.6 is 0 Å². The van der Waals surface area contributed by atoms with Crippen molar-refractivity contribution in [2.45, 2.75) is 47.5 Å². The highest BCUT2D eigenvalue weighted by atomic mass is 15.3. The highest BCUT2D eigenvalue weighted by molar-refractivity contribution is 4.85. The van der Waals surface area contributed by atoms with Gasteiger partial charge in [0.25, 0.3) is 0 Å². The van der Waals surface area contributed by atoms with Crippen LogP contribution in [-0.2, 0) is 0 Å². The molecule has 1 aliphatic heterocycles. The summed E-state index contributed by atoms with van der Waals surface area (Å²) in [5.41, 5.74) is 0.462. The second-order valence-electron chi connectivity index (χ2n) is 6.94. The molecule has 0 amide bonds. The molecule has 3 heteroatoms. The van der Waals surface area contributed by atoms with Crippen LogP contribution in [-0.4, -0.2) is 62.2 Å². The van der Waals surface area contributed by atoms with Crippen molar-refractivity contribution in [3.05, 3.63) is 0 Å². The van der Waals surface area contributed by atoms with Crippen LogP contribution in [0.5, 0.6) is 0 Å². The molecule has 1 fully saturated rings. The Morgan fingerprint density at radius 1 is 0.950 bits per heavy atom. The van der Waals surface area contributed by atoms with Crippen molar-refractivity contribution in [1.82, 2.24) is 15.1 Å². The molecule has 1 rings (SSSR count). The summed E-state index contributed by atoms with van der Waals surface area (Å²) >= 11 is 0. The zero-order chi connectivity index (χ0) is 15.0. The molecule has 0 aromatic heterocycles. The lowest BCUT2D eigenvalue weighted by Gasteiger charge is -2.41. The Kier molecular flexibility index (Phi) is 8.08. The average molecular weight is 284 g/mol. The molecule has 1 saturated heterocycles. The highest BCUT2D eigenvalue weighted by Gasteiger charge is 2.29. The Bertz CT molecular complexity index is 241. The molecule has 1 N–H and O–H groups in total. The molecule has 1 aliphatic rings. The Hall–Kier alpha value is -0.120. The fourth-order valence-corrected chi connectivity index (χ4v) is 3.14. The van der Waals surface area contributed by atoms with Gasteiger partial charge in [-0.15, -0.1) is 0 Å². The van der Waals surface area contributed by atoms with E-state index in [1.54, 1.807) is 0 Å². The largest absolute Gasteiger partial charge is 0.316 e. The van der Waals surface area contributed by atoms with Crippen LogP contribution in [0, 0.1) is 11.3 Å². The number of hydrogen-bond donors (Lipinski definition) is 1. The van der Waals surface area contributed by atoms with Crippen LogP contribution in [0.15, 0.2) is 0 Å². The van der Waals surface area contributed by atoms with Crippen molar-refractivity contribution in [3.8, 4) is 0 Å². The molecule has 0 radical (unpaired) electrons. The molecular weight excluding hydrogens is 246 g/mol. The van der Waals surface area contributed by atoms with Gasteiger partial charge < -0.3 is 15.1 Å². The summed E-state index contributed by atoms with van der Waals surface area (Å²) < 4.78 is 0. The van der Waals surface area contributed by atoms with Crippen LogP contribution in [0.4, 0.5) is 0 Å². The molecule has 0 aliphatic carbocycles. The van der Waals surface area contributed by atoms with Crippen molar-refractivity contribution in [2.75, 3.05) is 52.4 Å². The van der Waals surface area contributed by atoms with E-state index in [4.69, 9.17) is 0 Å². The lowest BCUT2D eigenvalue weighted by atomic mass is 9.81. The van der Waals surface area contributed by atoms with Gasteiger partial charge >= 0.3 is 0 Å². The van der Waals surface area contributed by atoms with Crippen LogP contribution in [0.25, 0.3) is 0 Å². The number of nitrogens with zero attached hydrogens (tertiary/aromatic N) is 2. The third kappa shape index (κ3) is 5.71. The quantitative estimate of drug-likeness (QED) is 0.702. The van der Waals surface area contributed by atoms with Crippen molar-refractivity contribution >= 4 is 0 Å². The van der Waals surface area contributed by atoms with Crippen molar-refractivity contribution < 1.29 is 0 Å². The normalized spacial score (nSPS) is 18.9. The van der Waals surface area contributed by atoms with E-state index in [-0.39, 0.29) is 0 Å². The maximum atomic E-state index is 3.70. The molecular formula is C17H37N3. The monoisotopic (exact) mass is 283 g/mol. The van der Waals surface area contributed by atoms with Crippen LogP contribution in [0.3, 0.4) is 0 Å². The van der Waals surface area contributed by atoms with E-state index in [0.717, 1.165) is 12.5 Å². The summed E-state index contributed by atoms with van der Waals surface area (Å²) in [4.78, 5) is 5.25. The fourth-order valence-electron chi connectivity index (χ4n) is 3.14. The molecule has 20 heavy (non-hydrogen) atoms. The molecule has 0 aromatic rings. The van der Waals surface area contributed by atoms with Crippen molar-refractivity contribution in [2.24, 2.45) is 11.3 Å². The van der Waals surface area contributed by atoms with Crippen LogP contribution < -0.4 is 5.32 Å². The number of rotatable bonds is 9. The summed E-state index contributed by atoms with van der Waals surface area (Å²) in [6, 6.07) is 0. The fraction of sp³-hybridized carbons (Fsp3) is 1.00.